The van der Waals surface area contributed by atoms with Crippen molar-refractivity contribution in [3.63, 3.8) is 0 Å². The van der Waals surface area contributed by atoms with Crippen molar-refractivity contribution in [2.45, 2.75) is 31.9 Å². The highest BCUT2D eigenvalue weighted by Crippen LogP contribution is 2.41. The average molecular weight is 267 g/mol. The topological polar surface area (TPSA) is 55.4 Å². The number of ether oxygens (including phenoxy) is 1. The zero-order chi connectivity index (χ0) is 13.8. The number of carbonyl (C=O) groups excluding carboxylic acids is 2. The van der Waals surface area contributed by atoms with Crippen molar-refractivity contribution in [2.75, 3.05) is 13.7 Å². The molecule has 0 aromatic carbocycles. The van der Waals surface area contributed by atoms with Gasteiger partial charge in [-0.3, -0.25) is 9.59 Å². The summed E-state index contributed by atoms with van der Waals surface area (Å²) >= 11 is 0. The van der Waals surface area contributed by atoms with E-state index in [4.69, 9.17) is 0 Å². The normalized spacial score (nSPS) is 24.4. The van der Waals surface area contributed by atoms with Gasteiger partial charge < -0.3 is 10.1 Å². The van der Waals surface area contributed by atoms with E-state index in [1.54, 1.807) is 0 Å². The molecule has 0 aromatic rings. The molecule has 1 saturated carbocycles. The first-order chi connectivity index (χ1) is 8.36. The van der Waals surface area contributed by atoms with E-state index < -0.39 is 36.4 Å². The molecule has 104 valence electrons. The Bertz CT molecular complexity index is 317. The van der Waals surface area contributed by atoms with Gasteiger partial charge in [-0.15, -0.1) is 0 Å². The summed E-state index contributed by atoms with van der Waals surface area (Å²) in [5.41, 5.74) is 0. The zero-order valence-corrected chi connectivity index (χ0v) is 10.0. The Morgan fingerprint density at radius 3 is 2.44 bits per heavy atom. The van der Waals surface area contributed by atoms with Gasteiger partial charge in [-0.25, -0.2) is 0 Å². The molecule has 0 saturated heterocycles. The van der Waals surface area contributed by atoms with Crippen molar-refractivity contribution in [3.8, 4) is 0 Å². The second-order valence-corrected chi connectivity index (χ2v) is 4.33. The summed E-state index contributed by atoms with van der Waals surface area (Å²) in [5.74, 6) is -4.10. The van der Waals surface area contributed by atoms with Gasteiger partial charge in [0.25, 0.3) is 0 Å². The van der Waals surface area contributed by atoms with Crippen molar-refractivity contribution in [3.05, 3.63) is 0 Å². The molecule has 0 aromatic heterocycles. The van der Waals surface area contributed by atoms with Gasteiger partial charge in [0, 0.05) is 5.92 Å². The van der Waals surface area contributed by atoms with Crippen LogP contribution in [0.3, 0.4) is 0 Å². The molecule has 1 amide bonds. The van der Waals surface area contributed by atoms with Gasteiger partial charge in [-0.2, -0.15) is 13.2 Å². The molecular weight excluding hydrogens is 251 g/mol. The van der Waals surface area contributed by atoms with Crippen molar-refractivity contribution >= 4 is 11.9 Å². The van der Waals surface area contributed by atoms with Crippen LogP contribution in [0, 0.1) is 11.8 Å². The summed E-state index contributed by atoms with van der Waals surface area (Å²) in [5, 5.41) is 2.19. The zero-order valence-electron chi connectivity index (χ0n) is 10.0. The molecule has 1 fully saturated rings. The molecule has 1 N–H and O–H groups in total. The molecule has 7 heteroatoms. The summed E-state index contributed by atoms with van der Waals surface area (Å²) in [6.45, 7) is -0.392. The standard InChI is InChI=1S/C11H16F3NO3/c1-18-9(16)6-15-10(17)7-4-2-3-5-8(7)11(12,13)14/h7-8H,2-6H2,1H3,(H,15,17). The molecule has 2 atom stereocenters. The molecule has 18 heavy (non-hydrogen) atoms. The number of esters is 1. The van der Waals surface area contributed by atoms with Crippen LogP contribution in [0.25, 0.3) is 0 Å². The van der Waals surface area contributed by atoms with E-state index in [1.165, 1.54) is 0 Å². The summed E-state index contributed by atoms with van der Waals surface area (Å²) in [7, 11) is 1.15. The molecule has 1 rings (SSSR count). The number of methoxy groups -OCH3 is 1. The van der Waals surface area contributed by atoms with Crippen molar-refractivity contribution in [1.82, 2.24) is 5.32 Å². The molecule has 0 spiro atoms. The second kappa shape index (κ2) is 6.06. The van der Waals surface area contributed by atoms with Gasteiger partial charge in [-0.1, -0.05) is 12.8 Å². The van der Waals surface area contributed by atoms with Gasteiger partial charge in [-0.05, 0) is 12.8 Å². The quantitative estimate of drug-likeness (QED) is 0.791. The smallest absolute Gasteiger partial charge is 0.392 e. The minimum atomic E-state index is -4.37. The minimum absolute atomic E-state index is 0.0280. The molecule has 0 heterocycles. The first-order valence-corrected chi connectivity index (χ1v) is 5.77. The maximum Gasteiger partial charge on any atom is 0.392 e. The number of alkyl halides is 3. The maximum absolute atomic E-state index is 12.7. The Morgan fingerprint density at radius 1 is 1.28 bits per heavy atom. The van der Waals surface area contributed by atoms with Gasteiger partial charge >= 0.3 is 12.1 Å². The van der Waals surface area contributed by atoms with E-state index >= 15 is 0 Å². The van der Waals surface area contributed by atoms with Crippen molar-refractivity contribution in [2.24, 2.45) is 11.8 Å². The predicted molar refractivity (Wildman–Crippen MR) is 56.5 cm³/mol. The summed E-state index contributed by atoms with van der Waals surface area (Å²) in [6.07, 6.45) is -3.11. The monoisotopic (exact) mass is 267 g/mol. The van der Waals surface area contributed by atoms with E-state index in [0.29, 0.717) is 12.8 Å². The number of halogens is 3. The molecule has 1 aliphatic carbocycles. The highest BCUT2D eigenvalue weighted by molar-refractivity contribution is 5.83. The summed E-state index contributed by atoms with van der Waals surface area (Å²) in [4.78, 5) is 22.5. The van der Waals surface area contributed by atoms with Gasteiger partial charge in [0.2, 0.25) is 5.91 Å². The minimum Gasteiger partial charge on any atom is -0.468 e. The fourth-order valence-electron chi connectivity index (χ4n) is 2.20. The van der Waals surface area contributed by atoms with E-state index in [-0.39, 0.29) is 12.8 Å². The van der Waals surface area contributed by atoms with E-state index in [2.05, 4.69) is 10.1 Å². The number of hydrogen-bond acceptors (Lipinski definition) is 3. The van der Waals surface area contributed by atoms with Crippen LogP contribution in [0.15, 0.2) is 0 Å². The average Bonchev–Trinajstić information content (AvgIpc) is 2.34. The lowest BCUT2D eigenvalue weighted by Crippen LogP contribution is -2.43. The number of hydrogen-bond donors (Lipinski definition) is 1. The Morgan fingerprint density at radius 2 is 1.89 bits per heavy atom. The first-order valence-electron chi connectivity index (χ1n) is 5.77. The van der Waals surface area contributed by atoms with Gasteiger partial charge in [0.05, 0.1) is 13.0 Å². The molecule has 0 radical (unpaired) electrons. The Labute approximate surface area is 103 Å². The third-order valence-corrected chi connectivity index (χ3v) is 3.16. The van der Waals surface area contributed by atoms with E-state index in [1.807, 2.05) is 0 Å². The number of nitrogens with one attached hydrogen (secondary N) is 1. The van der Waals surface area contributed by atoms with Crippen LogP contribution in [-0.4, -0.2) is 31.7 Å². The van der Waals surface area contributed by atoms with E-state index in [9.17, 15) is 22.8 Å². The van der Waals surface area contributed by atoms with Crippen LogP contribution in [-0.2, 0) is 14.3 Å². The number of amides is 1. The summed E-state index contributed by atoms with van der Waals surface area (Å²) < 4.78 is 42.5. The van der Waals surface area contributed by atoms with Gasteiger partial charge in [0.1, 0.15) is 6.54 Å². The first kappa shape index (κ1) is 14.8. The van der Waals surface area contributed by atoms with Crippen LogP contribution in [0.4, 0.5) is 13.2 Å². The lowest BCUT2D eigenvalue weighted by molar-refractivity contribution is -0.198. The van der Waals surface area contributed by atoms with Gasteiger partial charge in [0.15, 0.2) is 0 Å². The third kappa shape index (κ3) is 3.89. The summed E-state index contributed by atoms with van der Waals surface area (Å²) in [6, 6.07) is 0. The molecular formula is C11H16F3NO3. The van der Waals surface area contributed by atoms with Crippen LogP contribution >= 0.6 is 0 Å². The molecule has 2 unspecified atom stereocenters. The maximum atomic E-state index is 12.7. The lowest BCUT2D eigenvalue weighted by atomic mass is 9.78. The fraction of sp³-hybridized carbons (Fsp3) is 0.818. The molecule has 0 aliphatic heterocycles. The second-order valence-electron chi connectivity index (χ2n) is 4.33. The third-order valence-electron chi connectivity index (χ3n) is 3.16. The largest absolute Gasteiger partial charge is 0.468 e. The highest BCUT2D eigenvalue weighted by Gasteiger charge is 2.47. The Hall–Kier alpha value is -1.27. The number of rotatable bonds is 3. The highest BCUT2D eigenvalue weighted by atomic mass is 19.4. The predicted octanol–water partition coefficient (Wildman–Crippen LogP) is 1.64. The Kier molecular flexibility index (Phi) is 4.98. The van der Waals surface area contributed by atoms with Crippen molar-refractivity contribution < 1.29 is 27.5 Å². The Balaban J connectivity index is 2.60. The number of carbonyl (C=O) groups is 2. The van der Waals surface area contributed by atoms with Crippen LogP contribution < -0.4 is 5.32 Å². The van der Waals surface area contributed by atoms with Crippen LogP contribution in [0.5, 0.6) is 0 Å². The SMILES string of the molecule is COC(=O)CNC(=O)C1CCCCC1C(F)(F)F. The lowest BCUT2D eigenvalue weighted by Gasteiger charge is -2.31. The molecule has 1 aliphatic rings. The van der Waals surface area contributed by atoms with E-state index in [0.717, 1.165) is 7.11 Å². The molecule has 0 bridgehead atoms. The molecule has 4 nitrogen and oxygen atoms in total. The van der Waals surface area contributed by atoms with Crippen LogP contribution in [0.1, 0.15) is 25.7 Å². The van der Waals surface area contributed by atoms with Crippen molar-refractivity contribution in [1.29, 1.82) is 0 Å². The fourth-order valence-corrected chi connectivity index (χ4v) is 2.20. The van der Waals surface area contributed by atoms with Crippen LogP contribution in [0.2, 0.25) is 0 Å².